The smallest absolute Gasteiger partial charge is 0.345 e. The van der Waals surface area contributed by atoms with Crippen molar-refractivity contribution < 1.29 is 14.3 Å². The molecule has 0 atom stereocenters. The molecule has 1 N–H and O–H groups in total. The summed E-state index contributed by atoms with van der Waals surface area (Å²) < 4.78 is 10.6. The maximum absolute atomic E-state index is 11.8. The Morgan fingerprint density at radius 3 is 2.69 bits per heavy atom. The number of hydrogen-bond acceptors (Lipinski definition) is 5. The number of nitrogens with zero attached hydrogens (tertiary/aromatic N) is 2. The van der Waals surface area contributed by atoms with Crippen LogP contribution >= 0.6 is 0 Å². The van der Waals surface area contributed by atoms with Crippen molar-refractivity contribution in [3.63, 3.8) is 0 Å². The Morgan fingerprint density at radius 1 is 1.19 bits per heavy atom. The molecule has 0 spiro atoms. The monoisotopic (exact) mass is 347 g/mol. The van der Waals surface area contributed by atoms with Crippen molar-refractivity contribution in [1.82, 2.24) is 10.2 Å². The normalized spacial score (nSPS) is 10.2. The lowest BCUT2D eigenvalue weighted by atomic mass is 9.99. The molecule has 3 aromatic rings. The Balaban J connectivity index is 1.70. The van der Waals surface area contributed by atoms with Crippen molar-refractivity contribution in [1.29, 1.82) is 5.26 Å². The second-order valence-electron chi connectivity index (χ2n) is 5.48. The van der Waals surface area contributed by atoms with Gasteiger partial charge in [-0.1, -0.05) is 42.5 Å². The first-order valence-corrected chi connectivity index (χ1v) is 8.14. The third-order valence-electron chi connectivity index (χ3n) is 3.80. The van der Waals surface area contributed by atoms with Gasteiger partial charge in [-0.15, -0.1) is 0 Å². The number of nitrogens with one attached hydrogen (secondary N) is 1. The van der Waals surface area contributed by atoms with Crippen LogP contribution in [0.2, 0.25) is 0 Å². The second kappa shape index (κ2) is 7.99. The van der Waals surface area contributed by atoms with Crippen molar-refractivity contribution in [3.05, 3.63) is 71.4 Å². The van der Waals surface area contributed by atoms with Crippen molar-refractivity contribution >= 4 is 5.97 Å². The van der Waals surface area contributed by atoms with E-state index in [1.54, 1.807) is 13.0 Å². The third kappa shape index (κ3) is 3.73. The fraction of sp³-hybridized carbons (Fsp3) is 0.150. The largest absolute Gasteiger partial charge is 0.472 e. The van der Waals surface area contributed by atoms with Gasteiger partial charge in [-0.3, -0.25) is 0 Å². The molecule has 0 aliphatic carbocycles. The van der Waals surface area contributed by atoms with Gasteiger partial charge < -0.3 is 9.47 Å². The average molecular weight is 347 g/mol. The van der Waals surface area contributed by atoms with E-state index >= 15 is 0 Å². The van der Waals surface area contributed by atoms with Crippen molar-refractivity contribution in [2.45, 2.75) is 13.5 Å². The highest BCUT2D eigenvalue weighted by Crippen LogP contribution is 2.24. The first kappa shape index (κ1) is 17.2. The van der Waals surface area contributed by atoms with Crippen LogP contribution in [0.25, 0.3) is 11.1 Å². The number of rotatable bonds is 6. The molecule has 130 valence electrons. The molecule has 0 fully saturated rings. The molecule has 0 aliphatic heterocycles. The molecule has 2 aromatic carbocycles. The van der Waals surface area contributed by atoms with Gasteiger partial charge in [-0.05, 0) is 29.7 Å². The van der Waals surface area contributed by atoms with E-state index in [1.807, 2.05) is 42.5 Å². The molecule has 6 nitrogen and oxygen atoms in total. The number of nitriles is 1. The number of esters is 1. The first-order chi connectivity index (χ1) is 12.7. The summed E-state index contributed by atoms with van der Waals surface area (Å²) in [5.41, 5.74) is 3.67. The number of carbonyl (C=O) groups is 1. The summed E-state index contributed by atoms with van der Waals surface area (Å²) in [5.74, 6) is -0.193. The van der Waals surface area contributed by atoms with Crippen LogP contribution in [0.5, 0.6) is 5.88 Å². The zero-order valence-electron chi connectivity index (χ0n) is 14.2. The van der Waals surface area contributed by atoms with Crippen molar-refractivity contribution in [2.24, 2.45) is 0 Å². The molecule has 0 saturated carbocycles. The van der Waals surface area contributed by atoms with Gasteiger partial charge in [0.05, 0.1) is 24.4 Å². The van der Waals surface area contributed by atoms with Gasteiger partial charge in [0.2, 0.25) is 5.88 Å². The first-order valence-electron chi connectivity index (χ1n) is 8.14. The van der Waals surface area contributed by atoms with Crippen LogP contribution in [0.1, 0.15) is 28.4 Å². The molecule has 0 bridgehead atoms. The van der Waals surface area contributed by atoms with E-state index in [9.17, 15) is 10.1 Å². The predicted molar refractivity (Wildman–Crippen MR) is 95.5 cm³/mol. The summed E-state index contributed by atoms with van der Waals surface area (Å²) >= 11 is 0. The van der Waals surface area contributed by atoms with Crippen LogP contribution < -0.4 is 4.74 Å². The summed E-state index contributed by atoms with van der Waals surface area (Å²) in [6.45, 7) is 2.30. The SMILES string of the molecule is CCOC(=O)c1cn[nH]c1OCc1ccc(-c2ccccc2C#N)cc1. The van der Waals surface area contributed by atoms with E-state index in [1.165, 1.54) is 6.20 Å². The van der Waals surface area contributed by atoms with Crippen LogP contribution in [-0.2, 0) is 11.3 Å². The Labute approximate surface area is 151 Å². The molecule has 0 saturated heterocycles. The molecular formula is C20H17N3O3. The van der Waals surface area contributed by atoms with Crippen molar-refractivity contribution in [2.75, 3.05) is 6.61 Å². The van der Waals surface area contributed by atoms with Crippen LogP contribution in [-0.4, -0.2) is 22.8 Å². The van der Waals surface area contributed by atoms with Gasteiger partial charge in [0.1, 0.15) is 12.2 Å². The lowest BCUT2D eigenvalue weighted by molar-refractivity contribution is 0.0521. The minimum absolute atomic E-state index is 0.270. The third-order valence-corrected chi connectivity index (χ3v) is 3.80. The number of carbonyl (C=O) groups excluding carboxylic acids is 1. The molecule has 0 radical (unpaired) electrons. The highest BCUT2D eigenvalue weighted by atomic mass is 16.5. The number of H-pyrrole nitrogens is 1. The molecule has 0 unspecified atom stereocenters. The molecule has 26 heavy (non-hydrogen) atoms. The second-order valence-corrected chi connectivity index (χ2v) is 5.48. The molecule has 0 amide bonds. The van der Waals surface area contributed by atoms with E-state index in [-0.39, 0.29) is 24.7 Å². The molecule has 1 aromatic heterocycles. The predicted octanol–water partition coefficient (Wildman–Crippen LogP) is 3.70. The van der Waals surface area contributed by atoms with Crippen LogP contribution in [0.15, 0.2) is 54.7 Å². The molecule has 1 heterocycles. The summed E-state index contributed by atoms with van der Waals surface area (Å²) in [6.07, 6.45) is 1.38. The zero-order chi connectivity index (χ0) is 18.4. The summed E-state index contributed by atoms with van der Waals surface area (Å²) in [5, 5.41) is 15.7. The number of ether oxygens (including phenoxy) is 2. The minimum atomic E-state index is -0.472. The molecule has 6 heteroatoms. The van der Waals surface area contributed by atoms with Crippen LogP contribution in [0, 0.1) is 11.3 Å². The van der Waals surface area contributed by atoms with Gasteiger partial charge in [0.25, 0.3) is 0 Å². The number of hydrogen-bond donors (Lipinski definition) is 1. The Morgan fingerprint density at radius 2 is 1.96 bits per heavy atom. The van der Waals surface area contributed by atoms with Gasteiger partial charge in [0, 0.05) is 0 Å². The number of aromatic amines is 1. The summed E-state index contributed by atoms with van der Waals surface area (Å²) in [4.78, 5) is 11.8. The molecule has 0 aliphatic rings. The van der Waals surface area contributed by atoms with E-state index < -0.39 is 5.97 Å². The summed E-state index contributed by atoms with van der Waals surface area (Å²) in [6, 6.07) is 17.4. The molecule has 3 rings (SSSR count). The quantitative estimate of drug-likeness (QED) is 0.687. The standard InChI is InChI=1S/C20H17N3O3/c1-2-25-20(24)18-12-22-23-19(18)26-13-14-7-9-15(10-8-14)17-6-4-3-5-16(17)11-21/h3-10,12H,2,13H2,1H3,(H,22,23). The maximum atomic E-state index is 11.8. The minimum Gasteiger partial charge on any atom is -0.472 e. The van der Waals surface area contributed by atoms with Gasteiger partial charge in [-0.2, -0.15) is 10.4 Å². The Hall–Kier alpha value is -3.59. The van der Waals surface area contributed by atoms with Crippen molar-refractivity contribution in [3.8, 4) is 23.1 Å². The van der Waals surface area contributed by atoms with E-state index in [4.69, 9.17) is 9.47 Å². The van der Waals surface area contributed by atoms with Gasteiger partial charge >= 0.3 is 5.97 Å². The van der Waals surface area contributed by atoms with E-state index in [2.05, 4.69) is 16.3 Å². The van der Waals surface area contributed by atoms with E-state index in [0.29, 0.717) is 5.56 Å². The fourth-order valence-electron chi connectivity index (χ4n) is 2.51. The fourth-order valence-corrected chi connectivity index (χ4v) is 2.51. The number of benzene rings is 2. The lowest BCUT2D eigenvalue weighted by Crippen LogP contribution is -2.06. The van der Waals surface area contributed by atoms with Gasteiger partial charge in [-0.25, -0.2) is 9.89 Å². The highest BCUT2D eigenvalue weighted by Gasteiger charge is 2.16. The maximum Gasteiger partial charge on any atom is 0.345 e. The number of aromatic nitrogens is 2. The highest BCUT2D eigenvalue weighted by molar-refractivity contribution is 5.91. The zero-order valence-corrected chi connectivity index (χ0v) is 14.2. The molecular weight excluding hydrogens is 330 g/mol. The van der Waals surface area contributed by atoms with E-state index in [0.717, 1.165) is 16.7 Å². The average Bonchev–Trinajstić information content (AvgIpc) is 3.16. The lowest BCUT2D eigenvalue weighted by Gasteiger charge is -2.08. The van der Waals surface area contributed by atoms with Crippen LogP contribution in [0.4, 0.5) is 0 Å². The Bertz CT molecular complexity index is 939. The van der Waals surface area contributed by atoms with Gasteiger partial charge in [0.15, 0.2) is 0 Å². The topological polar surface area (TPSA) is 88.0 Å². The summed E-state index contributed by atoms with van der Waals surface area (Å²) in [7, 11) is 0. The van der Waals surface area contributed by atoms with Crippen LogP contribution in [0.3, 0.4) is 0 Å². The Kier molecular flexibility index (Phi) is 5.30.